The molecule has 2 aliphatic rings. The molecule has 1 fully saturated rings. The number of ketones is 1. The van der Waals surface area contributed by atoms with Gasteiger partial charge in [-0.25, -0.2) is 9.97 Å². The van der Waals surface area contributed by atoms with Gasteiger partial charge in [0.05, 0.1) is 6.20 Å². The van der Waals surface area contributed by atoms with Crippen molar-refractivity contribution in [1.29, 1.82) is 0 Å². The summed E-state index contributed by atoms with van der Waals surface area (Å²) in [5, 5.41) is 0. The molecule has 0 atom stereocenters. The van der Waals surface area contributed by atoms with Gasteiger partial charge in [0.2, 0.25) is 0 Å². The molecule has 0 bridgehead atoms. The van der Waals surface area contributed by atoms with Crippen molar-refractivity contribution in [3.05, 3.63) is 47.3 Å². The van der Waals surface area contributed by atoms with E-state index in [4.69, 9.17) is 5.73 Å². The molecule has 0 unspecified atom stereocenters. The number of hydrogen-bond acceptors (Lipinski definition) is 5. The van der Waals surface area contributed by atoms with E-state index in [0.717, 1.165) is 25.9 Å². The van der Waals surface area contributed by atoms with Gasteiger partial charge in [0, 0.05) is 20.0 Å². The Morgan fingerprint density at radius 2 is 1.79 bits per heavy atom. The first-order chi connectivity index (χ1) is 11.6. The molecule has 1 aliphatic heterocycles. The van der Waals surface area contributed by atoms with Crippen LogP contribution in [0.25, 0.3) is 0 Å². The van der Waals surface area contributed by atoms with Crippen molar-refractivity contribution in [3.63, 3.8) is 0 Å². The van der Waals surface area contributed by atoms with E-state index in [1.165, 1.54) is 37.1 Å². The third kappa shape index (κ3) is 2.54. The number of nitrogen functional groups attached to an aromatic ring is 1. The number of carbonyl (C=O) groups is 1. The van der Waals surface area contributed by atoms with Crippen LogP contribution in [0.3, 0.4) is 0 Å². The highest BCUT2D eigenvalue weighted by Crippen LogP contribution is 2.45. The molecule has 2 N–H and O–H groups in total. The van der Waals surface area contributed by atoms with Gasteiger partial charge < -0.3 is 10.6 Å². The minimum Gasteiger partial charge on any atom is -0.382 e. The molecule has 2 aromatic rings. The zero-order chi connectivity index (χ0) is 16.7. The van der Waals surface area contributed by atoms with Gasteiger partial charge in [-0.1, -0.05) is 24.3 Å². The molecular weight excluding hydrogens is 300 g/mol. The summed E-state index contributed by atoms with van der Waals surface area (Å²) in [6, 6.07) is 8.78. The number of aromatic nitrogens is 2. The number of hydrogen-bond donors (Lipinski definition) is 1. The molecule has 0 radical (unpaired) electrons. The maximum absolute atomic E-state index is 11.8. The van der Waals surface area contributed by atoms with Crippen molar-refractivity contribution >= 4 is 17.4 Å². The fourth-order valence-electron chi connectivity index (χ4n) is 4.18. The number of anilines is 2. The summed E-state index contributed by atoms with van der Waals surface area (Å²) in [6.07, 6.45) is 6.00. The summed E-state index contributed by atoms with van der Waals surface area (Å²) < 4.78 is 0. The summed E-state index contributed by atoms with van der Waals surface area (Å²) in [5.41, 5.74) is 9.59. The summed E-state index contributed by atoms with van der Waals surface area (Å²) in [7, 11) is 0. The van der Waals surface area contributed by atoms with Crippen molar-refractivity contribution in [1.82, 2.24) is 9.97 Å². The van der Waals surface area contributed by atoms with Crippen LogP contribution >= 0.6 is 0 Å². The Morgan fingerprint density at radius 1 is 1.17 bits per heavy atom. The molecule has 1 spiro atoms. The fraction of sp³-hybridized carbons (Fsp3) is 0.421. The maximum Gasteiger partial charge on any atom is 0.181 e. The van der Waals surface area contributed by atoms with Gasteiger partial charge in [-0.05, 0) is 42.2 Å². The molecule has 0 amide bonds. The van der Waals surface area contributed by atoms with Crippen LogP contribution in [0.15, 0.2) is 30.5 Å². The standard InChI is InChI=1S/C19H22N4O/c1-13(24)17-18(22-16(20)12-21-17)23-8-6-19(7-9-23)10-14-4-2-3-5-15(14)11-19/h2-5,12H,6-11H2,1H3,(H2,20,22). The van der Waals surface area contributed by atoms with Crippen LogP contribution in [-0.2, 0) is 12.8 Å². The molecule has 124 valence electrons. The quantitative estimate of drug-likeness (QED) is 0.861. The molecule has 5 heteroatoms. The number of rotatable bonds is 2. The van der Waals surface area contributed by atoms with E-state index < -0.39 is 0 Å². The lowest BCUT2D eigenvalue weighted by molar-refractivity contribution is 0.101. The van der Waals surface area contributed by atoms with Crippen molar-refractivity contribution in [2.75, 3.05) is 23.7 Å². The Balaban J connectivity index is 1.54. The summed E-state index contributed by atoms with van der Waals surface area (Å²) >= 11 is 0. The monoisotopic (exact) mass is 322 g/mol. The van der Waals surface area contributed by atoms with E-state index in [1.807, 2.05) is 0 Å². The second kappa shape index (κ2) is 5.58. The highest BCUT2D eigenvalue weighted by Gasteiger charge is 2.40. The van der Waals surface area contributed by atoms with Gasteiger partial charge >= 0.3 is 0 Å². The molecule has 1 aliphatic carbocycles. The average molecular weight is 322 g/mol. The second-order valence-corrected chi connectivity index (χ2v) is 7.13. The highest BCUT2D eigenvalue weighted by molar-refractivity contribution is 5.97. The molecule has 5 nitrogen and oxygen atoms in total. The van der Waals surface area contributed by atoms with Crippen molar-refractivity contribution in [2.24, 2.45) is 5.41 Å². The van der Waals surface area contributed by atoms with E-state index in [2.05, 4.69) is 39.1 Å². The first-order valence-corrected chi connectivity index (χ1v) is 8.52. The summed E-state index contributed by atoms with van der Waals surface area (Å²) in [4.78, 5) is 22.6. The number of carbonyl (C=O) groups excluding carboxylic acids is 1. The van der Waals surface area contributed by atoms with E-state index in [1.54, 1.807) is 0 Å². The predicted octanol–water partition coefficient (Wildman–Crippen LogP) is 2.65. The van der Waals surface area contributed by atoms with Crippen molar-refractivity contribution < 1.29 is 4.79 Å². The van der Waals surface area contributed by atoms with Gasteiger partial charge in [0.1, 0.15) is 11.5 Å². The topological polar surface area (TPSA) is 72.1 Å². The lowest BCUT2D eigenvalue weighted by Crippen LogP contribution is -2.41. The molecule has 2 heterocycles. The maximum atomic E-state index is 11.8. The number of benzene rings is 1. The Labute approximate surface area is 141 Å². The summed E-state index contributed by atoms with van der Waals surface area (Å²) in [6.45, 7) is 3.32. The van der Waals surface area contributed by atoms with E-state index in [9.17, 15) is 4.79 Å². The van der Waals surface area contributed by atoms with Crippen LogP contribution in [0.2, 0.25) is 0 Å². The van der Waals surface area contributed by atoms with Gasteiger partial charge in [-0.2, -0.15) is 0 Å². The third-order valence-corrected chi connectivity index (χ3v) is 5.48. The minimum absolute atomic E-state index is 0.0638. The zero-order valence-electron chi connectivity index (χ0n) is 14.0. The number of piperidine rings is 1. The lowest BCUT2D eigenvalue weighted by atomic mass is 9.76. The highest BCUT2D eigenvalue weighted by atomic mass is 16.1. The molecule has 1 aromatic heterocycles. The third-order valence-electron chi connectivity index (χ3n) is 5.48. The van der Waals surface area contributed by atoms with Crippen LogP contribution < -0.4 is 10.6 Å². The fourth-order valence-corrected chi connectivity index (χ4v) is 4.18. The van der Waals surface area contributed by atoms with Gasteiger partial charge in [0.25, 0.3) is 0 Å². The number of nitrogens with two attached hydrogens (primary N) is 1. The molecule has 0 saturated carbocycles. The largest absolute Gasteiger partial charge is 0.382 e. The van der Waals surface area contributed by atoms with E-state index in [-0.39, 0.29) is 5.78 Å². The number of fused-ring (bicyclic) bond motifs is 1. The molecule has 1 saturated heterocycles. The Hall–Kier alpha value is -2.43. The van der Waals surface area contributed by atoms with Crippen LogP contribution in [0.4, 0.5) is 11.6 Å². The lowest BCUT2D eigenvalue weighted by Gasteiger charge is -2.40. The SMILES string of the molecule is CC(=O)c1ncc(N)nc1N1CCC2(CC1)Cc1ccccc1C2. The predicted molar refractivity (Wildman–Crippen MR) is 94.2 cm³/mol. The van der Waals surface area contributed by atoms with Crippen molar-refractivity contribution in [3.8, 4) is 0 Å². The van der Waals surface area contributed by atoms with Crippen LogP contribution in [0, 0.1) is 5.41 Å². The van der Waals surface area contributed by atoms with Gasteiger partial charge in [-0.3, -0.25) is 4.79 Å². The van der Waals surface area contributed by atoms with E-state index in [0.29, 0.717) is 22.7 Å². The average Bonchev–Trinajstić information content (AvgIpc) is 2.92. The van der Waals surface area contributed by atoms with Gasteiger partial charge in [0.15, 0.2) is 11.6 Å². The molecule has 24 heavy (non-hydrogen) atoms. The summed E-state index contributed by atoms with van der Waals surface area (Å²) in [5.74, 6) is 0.947. The Morgan fingerprint density at radius 3 is 2.38 bits per heavy atom. The Kier molecular flexibility index (Phi) is 3.52. The van der Waals surface area contributed by atoms with E-state index >= 15 is 0 Å². The normalized spacial score (nSPS) is 18.6. The van der Waals surface area contributed by atoms with Crippen LogP contribution in [0.5, 0.6) is 0 Å². The minimum atomic E-state index is -0.0638. The first-order valence-electron chi connectivity index (χ1n) is 8.52. The smallest absolute Gasteiger partial charge is 0.181 e. The van der Waals surface area contributed by atoms with Crippen LogP contribution in [0.1, 0.15) is 41.4 Å². The Bertz CT molecular complexity index is 767. The number of Topliss-reactive ketones (excluding diaryl/α,β-unsaturated/α-hetero) is 1. The zero-order valence-corrected chi connectivity index (χ0v) is 14.0. The first kappa shape index (κ1) is 15.1. The molecular formula is C19H22N4O. The number of nitrogens with zero attached hydrogens (tertiary/aromatic N) is 3. The molecule has 1 aromatic carbocycles. The van der Waals surface area contributed by atoms with Crippen molar-refractivity contribution in [2.45, 2.75) is 32.6 Å². The van der Waals surface area contributed by atoms with Gasteiger partial charge in [-0.15, -0.1) is 0 Å². The van der Waals surface area contributed by atoms with Crippen LogP contribution in [-0.4, -0.2) is 28.8 Å². The molecule has 4 rings (SSSR count). The second-order valence-electron chi connectivity index (χ2n) is 7.13.